The zero-order chi connectivity index (χ0) is 16.9. The van der Waals surface area contributed by atoms with Gasteiger partial charge in [0.25, 0.3) is 0 Å². The van der Waals surface area contributed by atoms with E-state index >= 15 is 0 Å². The standard InChI is InChI=1S/C24H25N/c1-3-8-19(9-4-1)21-14-16-23(17-15-21)25-24-13-7-12-22(18-24)20-10-5-2-6-11-20/h2,5-7,10-19,25H,1,3-4,8-9H2. The zero-order valence-electron chi connectivity index (χ0n) is 14.6. The van der Waals surface area contributed by atoms with Crippen molar-refractivity contribution in [3.63, 3.8) is 0 Å². The Bertz CT molecular complexity index is 799. The maximum Gasteiger partial charge on any atom is 0.0390 e. The molecule has 0 radical (unpaired) electrons. The summed E-state index contributed by atoms with van der Waals surface area (Å²) in [6.45, 7) is 0. The van der Waals surface area contributed by atoms with Crippen LogP contribution in [0.4, 0.5) is 11.4 Å². The quantitative estimate of drug-likeness (QED) is 0.536. The first-order chi connectivity index (χ1) is 12.4. The minimum atomic E-state index is 0.768. The SMILES string of the molecule is c1ccc(-c2cccc(Nc3ccc(C4CCCCC4)cc3)c2)cc1. The molecule has 0 heterocycles. The molecule has 3 aromatic carbocycles. The third kappa shape index (κ3) is 3.93. The predicted molar refractivity (Wildman–Crippen MR) is 107 cm³/mol. The van der Waals surface area contributed by atoms with Gasteiger partial charge in [0, 0.05) is 11.4 Å². The summed E-state index contributed by atoms with van der Waals surface area (Å²) in [6.07, 6.45) is 6.89. The Labute approximate surface area is 150 Å². The third-order valence-corrected chi connectivity index (χ3v) is 5.25. The number of hydrogen-bond acceptors (Lipinski definition) is 1. The Morgan fingerprint density at radius 1 is 0.600 bits per heavy atom. The van der Waals surface area contributed by atoms with Gasteiger partial charge in [0.05, 0.1) is 0 Å². The average molecular weight is 327 g/mol. The molecule has 126 valence electrons. The Kier molecular flexibility index (Phi) is 4.83. The van der Waals surface area contributed by atoms with Crippen LogP contribution in [0.3, 0.4) is 0 Å². The second kappa shape index (κ2) is 7.57. The normalized spacial score (nSPS) is 15.0. The third-order valence-electron chi connectivity index (χ3n) is 5.25. The van der Waals surface area contributed by atoms with Gasteiger partial charge < -0.3 is 5.32 Å². The van der Waals surface area contributed by atoms with Gasteiger partial charge in [-0.1, -0.05) is 73.9 Å². The van der Waals surface area contributed by atoms with Gasteiger partial charge >= 0.3 is 0 Å². The maximum atomic E-state index is 3.54. The minimum Gasteiger partial charge on any atom is -0.356 e. The Morgan fingerprint density at radius 3 is 2.08 bits per heavy atom. The van der Waals surface area contributed by atoms with Gasteiger partial charge in [-0.05, 0) is 59.7 Å². The summed E-state index contributed by atoms with van der Waals surface area (Å²) in [4.78, 5) is 0. The number of rotatable bonds is 4. The first-order valence-electron chi connectivity index (χ1n) is 9.41. The highest BCUT2D eigenvalue weighted by Crippen LogP contribution is 2.33. The highest BCUT2D eigenvalue weighted by molar-refractivity contribution is 5.70. The van der Waals surface area contributed by atoms with Crippen LogP contribution in [0.5, 0.6) is 0 Å². The summed E-state index contributed by atoms with van der Waals surface area (Å²) in [7, 11) is 0. The van der Waals surface area contributed by atoms with Crippen LogP contribution >= 0.6 is 0 Å². The number of hydrogen-bond donors (Lipinski definition) is 1. The van der Waals surface area contributed by atoms with E-state index < -0.39 is 0 Å². The molecule has 3 aromatic rings. The molecule has 0 aromatic heterocycles. The maximum absolute atomic E-state index is 3.54. The molecule has 0 atom stereocenters. The largest absolute Gasteiger partial charge is 0.356 e. The molecule has 1 aliphatic rings. The minimum absolute atomic E-state index is 0.768. The average Bonchev–Trinajstić information content (AvgIpc) is 2.70. The van der Waals surface area contributed by atoms with E-state index in [0.29, 0.717) is 0 Å². The molecule has 1 aliphatic carbocycles. The Hall–Kier alpha value is -2.54. The van der Waals surface area contributed by atoms with Gasteiger partial charge in [-0.3, -0.25) is 0 Å². The fraction of sp³-hybridized carbons (Fsp3) is 0.250. The Balaban J connectivity index is 1.48. The van der Waals surface area contributed by atoms with Crippen molar-refractivity contribution < 1.29 is 0 Å². The first kappa shape index (κ1) is 16.0. The second-order valence-corrected chi connectivity index (χ2v) is 7.03. The monoisotopic (exact) mass is 327 g/mol. The van der Waals surface area contributed by atoms with Crippen LogP contribution in [0.1, 0.15) is 43.6 Å². The van der Waals surface area contributed by atoms with Crippen molar-refractivity contribution in [1.82, 2.24) is 0 Å². The van der Waals surface area contributed by atoms with Crippen molar-refractivity contribution in [1.29, 1.82) is 0 Å². The highest BCUT2D eigenvalue weighted by atomic mass is 14.9. The molecule has 1 N–H and O–H groups in total. The molecule has 25 heavy (non-hydrogen) atoms. The van der Waals surface area contributed by atoms with E-state index in [0.717, 1.165) is 17.3 Å². The molecule has 0 bridgehead atoms. The van der Waals surface area contributed by atoms with Gasteiger partial charge in [-0.25, -0.2) is 0 Å². The topological polar surface area (TPSA) is 12.0 Å². The number of benzene rings is 3. The van der Waals surface area contributed by atoms with Crippen LogP contribution in [0.2, 0.25) is 0 Å². The first-order valence-corrected chi connectivity index (χ1v) is 9.41. The zero-order valence-corrected chi connectivity index (χ0v) is 14.6. The van der Waals surface area contributed by atoms with Crippen molar-refractivity contribution >= 4 is 11.4 Å². The highest BCUT2D eigenvalue weighted by Gasteiger charge is 2.15. The summed E-state index contributed by atoms with van der Waals surface area (Å²) in [5.74, 6) is 0.768. The summed E-state index contributed by atoms with van der Waals surface area (Å²) in [5, 5.41) is 3.54. The van der Waals surface area contributed by atoms with Crippen molar-refractivity contribution in [3.8, 4) is 11.1 Å². The van der Waals surface area contributed by atoms with Crippen LogP contribution in [0.25, 0.3) is 11.1 Å². The molecular weight excluding hydrogens is 302 g/mol. The lowest BCUT2D eigenvalue weighted by Crippen LogP contribution is -2.04. The van der Waals surface area contributed by atoms with Crippen LogP contribution in [-0.4, -0.2) is 0 Å². The summed E-state index contributed by atoms with van der Waals surface area (Å²) < 4.78 is 0. The summed E-state index contributed by atoms with van der Waals surface area (Å²) in [5.41, 5.74) is 6.28. The molecule has 0 aliphatic heterocycles. The van der Waals surface area contributed by atoms with Gasteiger partial charge in [0.15, 0.2) is 0 Å². The molecule has 0 amide bonds. The number of anilines is 2. The fourth-order valence-corrected chi connectivity index (χ4v) is 3.85. The van der Waals surface area contributed by atoms with Crippen LogP contribution in [0, 0.1) is 0 Å². The van der Waals surface area contributed by atoms with Gasteiger partial charge in [0.1, 0.15) is 0 Å². The van der Waals surface area contributed by atoms with Crippen molar-refractivity contribution in [2.24, 2.45) is 0 Å². The Morgan fingerprint density at radius 2 is 1.32 bits per heavy atom. The van der Waals surface area contributed by atoms with Crippen LogP contribution < -0.4 is 5.32 Å². The van der Waals surface area contributed by atoms with Crippen molar-refractivity contribution in [2.45, 2.75) is 38.0 Å². The number of nitrogens with one attached hydrogen (secondary N) is 1. The lowest BCUT2D eigenvalue weighted by atomic mass is 9.84. The van der Waals surface area contributed by atoms with Gasteiger partial charge in [0.2, 0.25) is 0 Å². The van der Waals surface area contributed by atoms with Gasteiger partial charge in [-0.2, -0.15) is 0 Å². The molecule has 1 nitrogen and oxygen atoms in total. The second-order valence-electron chi connectivity index (χ2n) is 7.03. The lowest BCUT2D eigenvalue weighted by molar-refractivity contribution is 0.443. The molecule has 0 spiro atoms. The molecular formula is C24H25N. The van der Waals surface area contributed by atoms with E-state index in [4.69, 9.17) is 0 Å². The smallest absolute Gasteiger partial charge is 0.0390 e. The molecule has 1 saturated carbocycles. The molecule has 4 rings (SSSR count). The van der Waals surface area contributed by atoms with Crippen molar-refractivity contribution in [3.05, 3.63) is 84.4 Å². The molecule has 0 unspecified atom stereocenters. The molecule has 1 heteroatoms. The van der Waals surface area contributed by atoms with E-state index in [1.807, 2.05) is 0 Å². The van der Waals surface area contributed by atoms with E-state index in [-0.39, 0.29) is 0 Å². The van der Waals surface area contributed by atoms with Crippen LogP contribution in [0.15, 0.2) is 78.9 Å². The van der Waals surface area contributed by atoms with Crippen molar-refractivity contribution in [2.75, 3.05) is 5.32 Å². The summed E-state index contributed by atoms with van der Waals surface area (Å²) in [6, 6.07) is 28.2. The fourth-order valence-electron chi connectivity index (χ4n) is 3.85. The van der Waals surface area contributed by atoms with Crippen LogP contribution in [-0.2, 0) is 0 Å². The van der Waals surface area contributed by atoms with E-state index in [1.165, 1.54) is 48.8 Å². The predicted octanol–water partition coefficient (Wildman–Crippen LogP) is 7.14. The van der Waals surface area contributed by atoms with E-state index in [2.05, 4.69) is 84.2 Å². The lowest BCUT2D eigenvalue weighted by Gasteiger charge is -2.22. The molecule has 1 fully saturated rings. The van der Waals surface area contributed by atoms with E-state index in [1.54, 1.807) is 0 Å². The van der Waals surface area contributed by atoms with Gasteiger partial charge in [-0.15, -0.1) is 0 Å². The summed E-state index contributed by atoms with van der Waals surface area (Å²) >= 11 is 0. The molecule has 0 saturated heterocycles. The van der Waals surface area contributed by atoms with E-state index in [9.17, 15) is 0 Å².